The molecule has 0 aromatic heterocycles. The van der Waals surface area contributed by atoms with Gasteiger partial charge in [-0.05, 0) is 73.6 Å². The Bertz CT molecular complexity index is 853. The van der Waals surface area contributed by atoms with Crippen molar-refractivity contribution in [1.29, 1.82) is 0 Å². The van der Waals surface area contributed by atoms with Crippen LogP contribution in [0, 0.1) is 5.92 Å². The molecule has 182 valence electrons. The van der Waals surface area contributed by atoms with Crippen LogP contribution in [0.2, 0.25) is 0 Å². The van der Waals surface area contributed by atoms with Crippen LogP contribution in [0.15, 0.2) is 35.9 Å². The molecule has 4 nitrogen and oxygen atoms in total. The number of aromatic hydroxyl groups is 2. The lowest BCUT2D eigenvalue weighted by molar-refractivity contribution is -0.140. The van der Waals surface area contributed by atoms with E-state index in [1.807, 2.05) is 19.1 Å². The molecule has 1 fully saturated rings. The predicted octanol–water partition coefficient (Wildman–Crippen LogP) is 7.44. The van der Waals surface area contributed by atoms with Crippen molar-refractivity contribution in [2.24, 2.45) is 5.92 Å². The second-order valence-electron chi connectivity index (χ2n) is 10.3. The zero-order chi connectivity index (χ0) is 24.0. The largest absolute Gasteiger partial charge is 0.507 e. The molecule has 2 N–H and O–H groups in total. The van der Waals surface area contributed by atoms with E-state index in [1.165, 1.54) is 45.4 Å². The number of esters is 1. The maximum absolute atomic E-state index is 11.3. The van der Waals surface area contributed by atoms with Crippen LogP contribution in [0.4, 0.5) is 0 Å². The molecule has 0 spiro atoms. The van der Waals surface area contributed by atoms with E-state index >= 15 is 0 Å². The highest BCUT2D eigenvalue weighted by molar-refractivity contribution is 5.66. The topological polar surface area (TPSA) is 66.8 Å². The zero-order valence-electron chi connectivity index (χ0n) is 20.8. The van der Waals surface area contributed by atoms with Crippen LogP contribution in [-0.4, -0.2) is 22.8 Å². The van der Waals surface area contributed by atoms with Crippen molar-refractivity contribution in [2.75, 3.05) is 6.61 Å². The first-order chi connectivity index (χ1) is 15.8. The smallest absolute Gasteiger partial charge is 0.302 e. The van der Waals surface area contributed by atoms with Crippen molar-refractivity contribution in [3.63, 3.8) is 0 Å². The molecule has 2 aliphatic rings. The first-order valence-electron chi connectivity index (χ1n) is 12.8. The Labute approximate surface area is 199 Å². The van der Waals surface area contributed by atoms with Gasteiger partial charge in [0.15, 0.2) is 0 Å². The summed E-state index contributed by atoms with van der Waals surface area (Å²) in [7, 11) is 0. The Morgan fingerprint density at radius 2 is 1.79 bits per heavy atom. The van der Waals surface area contributed by atoms with Crippen LogP contribution >= 0.6 is 0 Å². The second-order valence-corrected chi connectivity index (χ2v) is 10.3. The van der Waals surface area contributed by atoms with Crippen LogP contribution in [0.5, 0.6) is 11.5 Å². The second kappa shape index (κ2) is 11.3. The minimum absolute atomic E-state index is 0.0673. The van der Waals surface area contributed by atoms with E-state index in [2.05, 4.69) is 19.6 Å². The normalized spacial score (nSPS) is 22.1. The van der Waals surface area contributed by atoms with Crippen LogP contribution in [0.1, 0.15) is 108 Å². The van der Waals surface area contributed by atoms with E-state index in [1.54, 1.807) is 0 Å². The van der Waals surface area contributed by atoms with Gasteiger partial charge in [0, 0.05) is 18.4 Å². The van der Waals surface area contributed by atoms with Gasteiger partial charge in [-0.15, -0.1) is 0 Å². The summed E-state index contributed by atoms with van der Waals surface area (Å²) in [6.45, 7) is 10.1. The molecule has 3 rings (SSSR count). The van der Waals surface area contributed by atoms with E-state index in [4.69, 9.17) is 4.74 Å². The standard InChI is InChI=1S/C29H42O4/c1-5-6-7-8-13-29(14-9-10-15-29)23-17-26(31)28(27(32)18-23)25-16-22(19-33-21(4)30)11-12-24(25)20(2)3/h16-18,24-25,31-32H,2,5-15,19H2,1,3-4H3/t24?,25-/m0/s1. The first-order valence-corrected chi connectivity index (χ1v) is 12.8. The Morgan fingerprint density at radius 3 is 2.36 bits per heavy atom. The van der Waals surface area contributed by atoms with Crippen LogP contribution in [0.25, 0.3) is 0 Å². The van der Waals surface area contributed by atoms with E-state index in [0.29, 0.717) is 5.56 Å². The van der Waals surface area contributed by atoms with Crippen molar-refractivity contribution < 1.29 is 19.7 Å². The van der Waals surface area contributed by atoms with Crippen molar-refractivity contribution in [2.45, 2.75) is 103 Å². The third-order valence-electron chi connectivity index (χ3n) is 7.87. The number of hydrogen-bond donors (Lipinski definition) is 2. The molecular weight excluding hydrogens is 412 g/mol. The molecule has 0 aliphatic heterocycles. The lowest BCUT2D eigenvalue weighted by Crippen LogP contribution is -2.23. The minimum atomic E-state index is -0.301. The number of benzene rings is 1. The summed E-state index contributed by atoms with van der Waals surface area (Å²) in [5, 5.41) is 22.4. The summed E-state index contributed by atoms with van der Waals surface area (Å²) in [6.07, 6.45) is 14.5. The first kappa shape index (κ1) is 25.4. The molecule has 4 heteroatoms. The number of carbonyl (C=O) groups excluding carboxylic acids is 1. The maximum Gasteiger partial charge on any atom is 0.302 e. The van der Waals surface area contributed by atoms with Gasteiger partial charge in [0.2, 0.25) is 0 Å². The monoisotopic (exact) mass is 454 g/mol. The summed E-state index contributed by atoms with van der Waals surface area (Å²) in [4.78, 5) is 11.3. The third kappa shape index (κ3) is 6.02. The highest BCUT2D eigenvalue weighted by Gasteiger charge is 2.37. The van der Waals surface area contributed by atoms with Crippen LogP contribution in [0.3, 0.4) is 0 Å². The fourth-order valence-electron chi connectivity index (χ4n) is 6.02. The fourth-order valence-corrected chi connectivity index (χ4v) is 6.02. The number of carbonyl (C=O) groups is 1. The zero-order valence-corrected chi connectivity index (χ0v) is 20.8. The molecule has 1 aromatic rings. The molecule has 1 unspecified atom stereocenters. The predicted molar refractivity (Wildman–Crippen MR) is 134 cm³/mol. The van der Waals surface area contributed by atoms with Gasteiger partial charge in [-0.1, -0.05) is 63.7 Å². The SMILES string of the molecule is C=C(C)C1CCC(COC(C)=O)=C[C@@H]1c1c(O)cc(C2(CCCCCC)CCCC2)cc1O. The van der Waals surface area contributed by atoms with E-state index < -0.39 is 0 Å². The fraction of sp³-hybridized carbons (Fsp3) is 0.621. The number of rotatable bonds is 10. The molecule has 0 heterocycles. The van der Waals surface area contributed by atoms with Gasteiger partial charge in [0.1, 0.15) is 18.1 Å². The van der Waals surface area contributed by atoms with Crippen LogP contribution < -0.4 is 0 Å². The highest BCUT2D eigenvalue weighted by atomic mass is 16.5. The molecule has 0 saturated heterocycles. The maximum atomic E-state index is 11.3. The number of phenolic OH excluding ortho intramolecular Hbond substituents is 2. The molecule has 0 bridgehead atoms. The average Bonchev–Trinajstić information content (AvgIpc) is 3.25. The molecule has 0 amide bonds. The molecule has 1 aromatic carbocycles. The van der Waals surface area contributed by atoms with Gasteiger partial charge in [0.25, 0.3) is 0 Å². The quantitative estimate of drug-likeness (QED) is 0.219. The van der Waals surface area contributed by atoms with Gasteiger partial charge in [-0.3, -0.25) is 4.79 Å². The van der Waals surface area contributed by atoms with Gasteiger partial charge in [0.05, 0.1) is 0 Å². The summed E-state index contributed by atoms with van der Waals surface area (Å²) in [5.41, 5.74) is 3.79. The Kier molecular flexibility index (Phi) is 8.67. The van der Waals surface area contributed by atoms with Crippen LogP contribution in [-0.2, 0) is 14.9 Å². The van der Waals surface area contributed by atoms with Crippen molar-refractivity contribution in [3.05, 3.63) is 47.1 Å². The number of ether oxygens (including phenoxy) is 1. The molecule has 1 saturated carbocycles. The van der Waals surface area contributed by atoms with Gasteiger partial charge in [-0.2, -0.15) is 0 Å². The number of hydrogen-bond acceptors (Lipinski definition) is 4. The van der Waals surface area contributed by atoms with Gasteiger partial charge < -0.3 is 14.9 Å². The van der Waals surface area contributed by atoms with E-state index in [0.717, 1.165) is 48.8 Å². The number of allylic oxidation sites excluding steroid dienone is 2. The van der Waals surface area contributed by atoms with Gasteiger partial charge >= 0.3 is 5.97 Å². The molecular formula is C29H42O4. The third-order valence-corrected chi connectivity index (χ3v) is 7.87. The van der Waals surface area contributed by atoms with Crippen molar-refractivity contribution >= 4 is 5.97 Å². The summed E-state index contributed by atoms with van der Waals surface area (Å²) < 4.78 is 5.22. The Hall–Kier alpha value is -2.23. The molecule has 2 aliphatic carbocycles. The van der Waals surface area contributed by atoms with Crippen molar-refractivity contribution in [3.8, 4) is 11.5 Å². The number of phenols is 2. The Morgan fingerprint density at radius 1 is 1.12 bits per heavy atom. The van der Waals surface area contributed by atoms with Crippen molar-refractivity contribution in [1.82, 2.24) is 0 Å². The van der Waals surface area contributed by atoms with E-state index in [9.17, 15) is 15.0 Å². The Balaban J connectivity index is 1.93. The van der Waals surface area contributed by atoms with Gasteiger partial charge in [-0.25, -0.2) is 0 Å². The molecule has 0 radical (unpaired) electrons. The summed E-state index contributed by atoms with van der Waals surface area (Å²) in [6, 6.07) is 3.84. The summed E-state index contributed by atoms with van der Waals surface area (Å²) in [5.74, 6) is -0.00869. The number of unbranched alkanes of at least 4 members (excludes halogenated alkanes) is 3. The minimum Gasteiger partial charge on any atom is -0.507 e. The lowest BCUT2D eigenvalue weighted by atomic mass is 9.71. The van der Waals surface area contributed by atoms with E-state index in [-0.39, 0.29) is 41.3 Å². The lowest BCUT2D eigenvalue weighted by Gasteiger charge is -2.34. The molecule has 2 atom stereocenters. The summed E-state index contributed by atoms with van der Waals surface area (Å²) >= 11 is 0. The molecule has 33 heavy (non-hydrogen) atoms. The highest BCUT2D eigenvalue weighted by Crippen LogP contribution is 2.51. The average molecular weight is 455 g/mol.